The Morgan fingerprint density at radius 2 is 1.94 bits per heavy atom. The molecule has 1 saturated carbocycles. The Hall–Kier alpha value is -0.300. The normalized spacial score (nSPS) is 28.6. The van der Waals surface area contributed by atoms with Crippen molar-refractivity contribution in [1.29, 1.82) is 0 Å². The Labute approximate surface area is 100 Å². The van der Waals surface area contributed by atoms with Crippen molar-refractivity contribution in [2.24, 2.45) is 17.1 Å². The first-order valence-electron chi connectivity index (χ1n) is 7.03. The van der Waals surface area contributed by atoms with Crippen LogP contribution in [0.15, 0.2) is 11.6 Å². The molecule has 0 aromatic carbocycles. The minimum Gasteiger partial charge on any atom is -0.324 e. The minimum absolute atomic E-state index is 0.372. The molecule has 2 aliphatic carbocycles. The summed E-state index contributed by atoms with van der Waals surface area (Å²) >= 11 is 0. The Balaban J connectivity index is 1.91. The molecule has 0 radical (unpaired) electrons. The van der Waals surface area contributed by atoms with E-state index in [0.29, 0.717) is 11.5 Å². The van der Waals surface area contributed by atoms with Crippen LogP contribution in [0.1, 0.15) is 65.2 Å². The van der Waals surface area contributed by atoms with Crippen LogP contribution in [0.5, 0.6) is 0 Å². The van der Waals surface area contributed by atoms with Gasteiger partial charge in [-0.25, -0.2) is 0 Å². The van der Waals surface area contributed by atoms with Crippen molar-refractivity contribution in [2.75, 3.05) is 0 Å². The molecular weight excluding hydrogens is 194 g/mol. The van der Waals surface area contributed by atoms with Crippen molar-refractivity contribution in [2.45, 2.75) is 71.3 Å². The Kier molecular flexibility index (Phi) is 3.73. The van der Waals surface area contributed by atoms with Crippen molar-refractivity contribution in [3.05, 3.63) is 11.6 Å². The summed E-state index contributed by atoms with van der Waals surface area (Å²) in [5.41, 5.74) is 8.58. The number of allylic oxidation sites excluding steroid dienone is 1. The highest BCUT2D eigenvalue weighted by molar-refractivity contribution is 5.14. The van der Waals surface area contributed by atoms with E-state index in [1.54, 1.807) is 5.57 Å². The summed E-state index contributed by atoms with van der Waals surface area (Å²) in [7, 11) is 0. The number of nitrogens with two attached hydrogens (primary N) is 1. The van der Waals surface area contributed by atoms with Crippen LogP contribution >= 0.6 is 0 Å². The van der Waals surface area contributed by atoms with E-state index in [1.807, 2.05) is 0 Å². The van der Waals surface area contributed by atoms with E-state index in [2.05, 4.69) is 19.9 Å². The minimum atomic E-state index is 0.372. The molecule has 2 aliphatic rings. The topological polar surface area (TPSA) is 26.0 Å². The average Bonchev–Trinajstić information content (AvgIpc) is 2.29. The zero-order chi connectivity index (χ0) is 11.6. The van der Waals surface area contributed by atoms with Gasteiger partial charge < -0.3 is 5.73 Å². The van der Waals surface area contributed by atoms with Crippen LogP contribution in [-0.2, 0) is 0 Å². The highest BCUT2D eigenvalue weighted by Crippen LogP contribution is 2.40. The third kappa shape index (κ3) is 2.88. The van der Waals surface area contributed by atoms with E-state index >= 15 is 0 Å². The van der Waals surface area contributed by atoms with Gasteiger partial charge in [0.1, 0.15) is 0 Å². The molecule has 0 aromatic heterocycles. The van der Waals surface area contributed by atoms with E-state index in [-0.39, 0.29) is 0 Å². The van der Waals surface area contributed by atoms with Crippen molar-refractivity contribution in [3.8, 4) is 0 Å². The molecule has 0 heterocycles. The molecule has 0 spiro atoms. The third-order valence-corrected chi connectivity index (χ3v) is 4.65. The van der Waals surface area contributed by atoms with Gasteiger partial charge in [-0.1, -0.05) is 25.5 Å². The summed E-state index contributed by atoms with van der Waals surface area (Å²) in [4.78, 5) is 0. The fourth-order valence-corrected chi connectivity index (χ4v) is 3.25. The lowest BCUT2D eigenvalue weighted by Crippen LogP contribution is -2.36. The van der Waals surface area contributed by atoms with Crippen LogP contribution < -0.4 is 5.73 Å². The molecule has 1 atom stereocenters. The summed E-state index contributed by atoms with van der Waals surface area (Å²) < 4.78 is 0. The summed E-state index contributed by atoms with van der Waals surface area (Å²) in [5.74, 6) is 0.761. The monoisotopic (exact) mass is 221 g/mol. The smallest absolute Gasteiger partial charge is 0.0282 e. The molecule has 0 amide bonds. The fraction of sp³-hybridized carbons (Fsp3) is 0.867. The van der Waals surface area contributed by atoms with Crippen LogP contribution in [0, 0.1) is 11.3 Å². The largest absolute Gasteiger partial charge is 0.324 e. The van der Waals surface area contributed by atoms with Gasteiger partial charge in [0.25, 0.3) is 0 Å². The van der Waals surface area contributed by atoms with Gasteiger partial charge in [0, 0.05) is 6.04 Å². The average molecular weight is 221 g/mol. The maximum atomic E-state index is 6.44. The Bertz CT molecular complexity index is 255. The first-order valence-corrected chi connectivity index (χ1v) is 7.03. The van der Waals surface area contributed by atoms with Gasteiger partial charge >= 0.3 is 0 Å². The number of hydrogen-bond donors (Lipinski definition) is 1. The van der Waals surface area contributed by atoms with E-state index in [0.717, 1.165) is 5.92 Å². The lowest BCUT2D eigenvalue weighted by Gasteiger charge is -2.38. The SMILES string of the molecule is CC1(C)CCC(C(N)C2=CCCCC2)CC1. The lowest BCUT2D eigenvalue weighted by atomic mass is 9.69. The van der Waals surface area contributed by atoms with Crippen molar-refractivity contribution < 1.29 is 0 Å². The molecule has 2 N–H and O–H groups in total. The highest BCUT2D eigenvalue weighted by Gasteiger charge is 2.31. The van der Waals surface area contributed by atoms with E-state index in [9.17, 15) is 0 Å². The van der Waals surface area contributed by atoms with Crippen LogP contribution in [-0.4, -0.2) is 6.04 Å². The predicted octanol–water partition coefficient (Wildman–Crippen LogP) is 4.03. The molecule has 2 rings (SSSR count). The van der Waals surface area contributed by atoms with Crippen molar-refractivity contribution in [3.63, 3.8) is 0 Å². The third-order valence-electron chi connectivity index (χ3n) is 4.65. The summed E-state index contributed by atoms with van der Waals surface area (Å²) in [5, 5.41) is 0. The second-order valence-corrected chi connectivity index (χ2v) is 6.55. The zero-order valence-corrected chi connectivity index (χ0v) is 11.0. The van der Waals surface area contributed by atoms with Crippen LogP contribution in [0.2, 0.25) is 0 Å². The second-order valence-electron chi connectivity index (χ2n) is 6.55. The van der Waals surface area contributed by atoms with E-state index < -0.39 is 0 Å². The van der Waals surface area contributed by atoms with Gasteiger partial charge in [-0.3, -0.25) is 0 Å². The van der Waals surface area contributed by atoms with Crippen molar-refractivity contribution in [1.82, 2.24) is 0 Å². The van der Waals surface area contributed by atoms with Gasteiger partial charge in [-0.2, -0.15) is 0 Å². The molecule has 92 valence electrons. The maximum absolute atomic E-state index is 6.44. The molecule has 0 aromatic rings. The molecule has 1 unspecified atom stereocenters. The molecule has 0 saturated heterocycles. The molecule has 0 aliphatic heterocycles. The molecular formula is C15H27N. The summed E-state index contributed by atoms with van der Waals surface area (Å²) in [6.45, 7) is 4.79. The Morgan fingerprint density at radius 3 is 2.50 bits per heavy atom. The fourth-order valence-electron chi connectivity index (χ4n) is 3.25. The van der Waals surface area contributed by atoms with Crippen molar-refractivity contribution >= 4 is 0 Å². The summed E-state index contributed by atoms with van der Waals surface area (Å²) in [6, 6.07) is 0.372. The summed E-state index contributed by atoms with van der Waals surface area (Å²) in [6.07, 6.45) is 13.1. The molecule has 1 heteroatoms. The van der Waals surface area contributed by atoms with Crippen LogP contribution in [0.25, 0.3) is 0 Å². The van der Waals surface area contributed by atoms with Gasteiger partial charge in [-0.05, 0) is 62.7 Å². The Morgan fingerprint density at radius 1 is 1.25 bits per heavy atom. The number of hydrogen-bond acceptors (Lipinski definition) is 1. The predicted molar refractivity (Wildman–Crippen MR) is 70.3 cm³/mol. The standard InChI is InChI=1S/C15H27N/c1-15(2)10-8-13(9-11-15)14(16)12-6-4-3-5-7-12/h6,13-14H,3-5,7-11,16H2,1-2H3. The molecule has 1 fully saturated rings. The molecule has 0 bridgehead atoms. The molecule has 1 nitrogen and oxygen atoms in total. The maximum Gasteiger partial charge on any atom is 0.0282 e. The van der Waals surface area contributed by atoms with Crippen LogP contribution in [0.3, 0.4) is 0 Å². The van der Waals surface area contributed by atoms with Gasteiger partial charge in [0.2, 0.25) is 0 Å². The first-order chi connectivity index (χ1) is 7.58. The quantitative estimate of drug-likeness (QED) is 0.700. The first kappa shape index (κ1) is 12.2. The zero-order valence-electron chi connectivity index (χ0n) is 11.0. The molecule has 16 heavy (non-hydrogen) atoms. The van der Waals surface area contributed by atoms with Gasteiger partial charge in [-0.15, -0.1) is 0 Å². The van der Waals surface area contributed by atoms with Gasteiger partial charge in [0.05, 0.1) is 0 Å². The van der Waals surface area contributed by atoms with Gasteiger partial charge in [0.15, 0.2) is 0 Å². The van der Waals surface area contributed by atoms with Crippen LogP contribution in [0.4, 0.5) is 0 Å². The second kappa shape index (κ2) is 4.91. The highest BCUT2D eigenvalue weighted by atomic mass is 14.7. The van der Waals surface area contributed by atoms with E-state index in [4.69, 9.17) is 5.73 Å². The lowest BCUT2D eigenvalue weighted by molar-refractivity contribution is 0.179. The van der Waals surface area contributed by atoms with E-state index in [1.165, 1.54) is 51.4 Å². The number of rotatable bonds is 2.